The van der Waals surface area contributed by atoms with E-state index in [-0.39, 0.29) is 6.61 Å². The first-order valence-electron chi connectivity index (χ1n) is 9.44. The molecule has 0 unspecified atom stereocenters. The van der Waals surface area contributed by atoms with Crippen LogP contribution in [0.15, 0.2) is 57.1 Å². The fraction of sp³-hybridized carbons (Fsp3) is 0.333. The number of nitrogens with zero attached hydrogens (tertiary/aromatic N) is 3. The van der Waals surface area contributed by atoms with E-state index in [1.54, 1.807) is 18.0 Å². The lowest BCUT2D eigenvalue weighted by Gasteiger charge is -2.30. The van der Waals surface area contributed by atoms with Gasteiger partial charge in [0.15, 0.2) is 5.17 Å². The molecule has 0 saturated heterocycles. The van der Waals surface area contributed by atoms with Crippen LogP contribution in [0.1, 0.15) is 24.7 Å². The molecule has 0 amide bonds. The van der Waals surface area contributed by atoms with Crippen molar-refractivity contribution in [2.45, 2.75) is 31.5 Å². The van der Waals surface area contributed by atoms with Crippen LogP contribution in [0.25, 0.3) is 10.9 Å². The molecule has 1 aliphatic rings. The molecule has 146 valence electrons. The summed E-state index contributed by atoms with van der Waals surface area (Å²) in [6.07, 6.45) is 2.36. The van der Waals surface area contributed by atoms with Crippen LogP contribution in [0.5, 0.6) is 5.75 Å². The lowest BCUT2D eigenvalue weighted by atomic mass is 10.1. The number of hydrogen-bond acceptors (Lipinski definition) is 6. The number of aliphatic hydroxyl groups excluding tert-OH is 1. The summed E-state index contributed by atoms with van der Waals surface area (Å²) < 4.78 is 11.0. The van der Waals surface area contributed by atoms with Crippen LogP contribution in [0, 0.1) is 0 Å². The summed E-state index contributed by atoms with van der Waals surface area (Å²) in [4.78, 5) is 11.8. The van der Waals surface area contributed by atoms with Gasteiger partial charge in [0.1, 0.15) is 16.5 Å². The molecule has 0 radical (unpaired) electrons. The van der Waals surface area contributed by atoms with Gasteiger partial charge in [0, 0.05) is 30.6 Å². The SMILES string of the molecule is CCOc1ccc2nc3c(cc2c1)CN(CCCO)C(=NCc1ccco1)S3. The van der Waals surface area contributed by atoms with Crippen molar-refractivity contribution in [3.8, 4) is 5.75 Å². The number of hydrogen-bond donors (Lipinski definition) is 1. The van der Waals surface area contributed by atoms with Gasteiger partial charge in [-0.25, -0.2) is 4.98 Å². The third-order valence-electron chi connectivity index (χ3n) is 4.49. The average Bonchev–Trinajstić information content (AvgIpc) is 3.23. The highest BCUT2D eigenvalue weighted by atomic mass is 32.2. The van der Waals surface area contributed by atoms with Crippen LogP contribution in [-0.4, -0.2) is 39.9 Å². The van der Waals surface area contributed by atoms with Gasteiger partial charge < -0.3 is 19.2 Å². The van der Waals surface area contributed by atoms with Gasteiger partial charge >= 0.3 is 0 Å². The largest absolute Gasteiger partial charge is 0.494 e. The smallest absolute Gasteiger partial charge is 0.166 e. The van der Waals surface area contributed by atoms with Crippen molar-refractivity contribution in [1.29, 1.82) is 0 Å². The molecule has 0 bridgehead atoms. The highest BCUT2D eigenvalue weighted by Crippen LogP contribution is 2.34. The number of pyridine rings is 1. The normalized spacial score (nSPS) is 15.2. The van der Waals surface area contributed by atoms with Crippen molar-refractivity contribution in [3.63, 3.8) is 0 Å². The number of amidine groups is 1. The number of rotatable bonds is 7. The second kappa shape index (κ2) is 8.67. The summed E-state index contributed by atoms with van der Waals surface area (Å²) in [5, 5.41) is 12.2. The van der Waals surface area contributed by atoms with Gasteiger partial charge in [-0.1, -0.05) is 0 Å². The topological polar surface area (TPSA) is 71.1 Å². The number of ether oxygens (including phenoxy) is 1. The predicted molar refractivity (Wildman–Crippen MR) is 111 cm³/mol. The van der Waals surface area contributed by atoms with E-state index in [2.05, 4.69) is 11.0 Å². The summed E-state index contributed by atoms with van der Waals surface area (Å²) in [5.41, 5.74) is 2.12. The molecule has 1 aliphatic heterocycles. The monoisotopic (exact) mass is 397 g/mol. The predicted octanol–water partition coefficient (Wildman–Crippen LogP) is 4.07. The van der Waals surface area contributed by atoms with E-state index in [4.69, 9.17) is 19.1 Å². The molecule has 1 N–H and O–H groups in total. The Morgan fingerprint density at radius 1 is 1.32 bits per heavy atom. The Hall–Kier alpha value is -2.51. The van der Waals surface area contributed by atoms with Crippen LogP contribution in [0.2, 0.25) is 0 Å². The molecule has 0 atom stereocenters. The van der Waals surface area contributed by atoms with E-state index >= 15 is 0 Å². The number of aromatic nitrogens is 1. The van der Waals surface area contributed by atoms with E-state index < -0.39 is 0 Å². The second-order valence-electron chi connectivity index (χ2n) is 6.52. The quantitative estimate of drug-likeness (QED) is 0.648. The maximum Gasteiger partial charge on any atom is 0.166 e. The molecule has 2 aromatic heterocycles. The Bertz CT molecular complexity index is 972. The van der Waals surface area contributed by atoms with Gasteiger partial charge in [-0.05, 0) is 61.5 Å². The Kier molecular flexibility index (Phi) is 5.83. The van der Waals surface area contributed by atoms with E-state index in [0.29, 0.717) is 19.6 Å². The van der Waals surface area contributed by atoms with E-state index in [9.17, 15) is 5.11 Å². The molecule has 28 heavy (non-hydrogen) atoms. The lowest BCUT2D eigenvalue weighted by Crippen LogP contribution is -2.33. The minimum Gasteiger partial charge on any atom is -0.494 e. The van der Waals surface area contributed by atoms with Gasteiger partial charge in [-0.15, -0.1) is 0 Å². The number of aliphatic imine (C=N–C) groups is 1. The number of furan rings is 1. The molecule has 0 fully saturated rings. The molecule has 3 heterocycles. The molecule has 0 spiro atoms. The van der Waals surface area contributed by atoms with Crippen molar-refractivity contribution in [2.75, 3.05) is 19.8 Å². The number of aliphatic hydroxyl groups is 1. The zero-order chi connectivity index (χ0) is 19.3. The van der Waals surface area contributed by atoms with Crippen LogP contribution in [-0.2, 0) is 13.1 Å². The molecule has 7 heteroatoms. The van der Waals surface area contributed by atoms with E-state index in [0.717, 1.165) is 45.7 Å². The molecule has 3 aromatic rings. The third-order valence-corrected chi connectivity index (χ3v) is 5.61. The first-order chi connectivity index (χ1) is 13.8. The van der Waals surface area contributed by atoms with Gasteiger partial charge in [-0.2, -0.15) is 0 Å². The minimum absolute atomic E-state index is 0.160. The highest BCUT2D eigenvalue weighted by Gasteiger charge is 2.24. The molecule has 1 aromatic carbocycles. The maximum atomic E-state index is 9.27. The standard InChI is InChI=1S/C21H23N3O3S/c1-2-26-17-6-7-19-15(12-17)11-16-14-24(8-4-9-25)21(28-20(16)23-19)22-13-18-5-3-10-27-18/h3,5-7,10-12,25H,2,4,8-9,13-14H2,1H3. The van der Waals surface area contributed by atoms with Gasteiger partial charge in [0.05, 0.1) is 24.9 Å². The van der Waals surface area contributed by atoms with Gasteiger partial charge in [0.2, 0.25) is 0 Å². The Morgan fingerprint density at radius 3 is 3.04 bits per heavy atom. The van der Waals surface area contributed by atoms with E-state index in [1.807, 2.05) is 37.3 Å². The van der Waals surface area contributed by atoms with Crippen LogP contribution in [0.4, 0.5) is 0 Å². The first-order valence-corrected chi connectivity index (χ1v) is 10.3. The number of benzene rings is 1. The van der Waals surface area contributed by atoms with Crippen molar-refractivity contribution < 1.29 is 14.3 Å². The number of fused-ring (bicyclic) bond motifs is 2. The zero-order valence-corrected chi connectivity index (χ0v) is 16.6. The van der Waals surface area contributed by atoms with Crippen LogP contribution >= 0.6 is 11.8 Å². The van der Waals surface area contributed by atoms with Crippen molar-refractivity contribution in [3.05, 3.63) is 54.0 Å². The third kappa shape index (κ3) is 4.15. The molecule has 6 nitrogen and oxygen atoms in total. The Labute approximate surface area is 168 Å². The summed E-state index contributed by atoms with van der Waals surface area (Å²) in [6, 6.07) is 12.0. The molecular formula is C21H23N3O3S. The lowest BCUT2D eigenvalue weighted by molar-refractivity contribution is 0.265. The second-order valence-corrected chi connectivity index (χ2v) is 7.48. The van der Waals surface area contributed by atoms with Gasteiger partial charge in [0.25, 0.3) is 0 Å². The summed E-state index contributed by atoms with van der Waals surface area (Å²) >= 11 is 1.58. The Balaban J connectivity index is 1.64. The first kappa shape index (κ1) is 18.8. The summed E-state index contributed by atoms with van der Waals surface area (Å²) in [6.45, 7) is 4.75. The molecular weight excluding hydrogens is 374 g/mol. The summed E-state index contributed by atoms with van der Waals surface area (Å²) in [7, 11) is 0. The highest BCUT2D eigenvalue weighted by molar-refractivity contribution is 8.13. The molecule has 4 rings (SSSR count). The van der Waals surface area contributed by atoms with E-state index in [1.165, 1.54) is 5.56 Å². The molecule has 0 aliphatic carbocycles. The maximum absolute atomic E-state index is 9.27. The fourth-order valence-corrected chi connectivity index (χ4v) is 4.17. The van der Waals surface area contributed by atoms with Crippen molar-refractivity contribution in [2.24, 2.45) is 4.99 Å². The van der Waals surface area contributed by atoms with Crippen molar-refractivity contribution in [1.82, 2.24) is 9.88 Å². The zero-order valence-electron chi connectivity index (χ0n) is 15.8. The fourth-order valence-electron chi connectivity index (χ4n) is 3.18. The number of thioether (sulfide) groups is 1. The Morgan fingerprint density at radius 2 is 2.25 bits per heavy atom. The van der Waals surface area contributed by atoms with Crippen LogP contribution in [0.3, 0.4) is 0 Å². The minimum atomic E-state index is 0.160. The molecule has 0 saturated carbocycles. The van der Waals surface area contributed by atoms with Crippen molar-refractivity contribution >= 4 is 27.8 Å². The van der Waals surface area contributed by atoms with Crippen LogP contribution < -0.4 is 4.74 Å². The average molecular weight is 398 g/mol. The summed E-state index contributed by atoms with van der Waals surface area (Å²) in [5.74, 6) is 1.69. The van der Waals surface area contributed by atoms with Gasteiger partial charge in [-0.3, -0.25) is 4.99 Å².